The van der Waals surface area contributed by atoms with Gasteiger partial charge in [0.1, 0.15) is 6.61 Å². The molecule has 2 aromatic carbocycles. The molecule has 6 heteroatoms. The van der Waals surface area contributed by atoms with E-state index in [1.165, 1.54) is 7.11 Å². The van der Waals surface area contributed by atoms with Crippen LogP contribution in [0.25, 0.3) is 11.1 Å². The first-order valence-corrected chi connectivity index (χ1v) is 10.1. The van der Waals surface area contributed by atoms with E-state index < -0.39 is 11.4 Å². The quantitative estimate of drug-likeness (QED) is 0.639. The number of fused-ring (bicyclic) bond motifs is 1. The number of aliphatic carboxylic acids is 1. The van der Waals surface area contributed by atoms with Crippen LogP contribution in [0.4, 0.5) is 0 Å². The standard InChI is InChI=1S/C24H28O6/c1-5-13-24(2,23(26)27)14-30-21-18(10-12-20(28-3)22(21)29-4)15-7-6-8-17-16(15)9-11-19(17)25/h6-8,10,12H,5,9,11,13-14H2,1-4H3,(H,26,27). The summed E-state index contributed by atoms with van der Waals surface area (Å²) in [6, 6.07) is 9.31. The maximum absolute atomic E-state index is 12.2. The van der Waals surface area contributed by atoms with E-state index in [4.69, 9.17) is 14.2 Å². The molecule has 1 N–H and O–H groups in total. The SMILES string of the molecule is CCCC(C)(COc1c(-c2cccc3c2CCC3=O)ccc(OC)c1OC)C(=O)O. The number of carboxylic acids is 1. The number of benzene rings is 2. The molecule has 160 valence electrons. The average molecular weight is 412 g/mol. The summed E-state index contributed by atoms with van der Waals surface area (Å²) in [5.74, 6) is 0.553. The Bertz CT molecular complexity index is 964. The molecule has 1 aliphatic rings. The lowest BCUT2D eigenvalue weighted by molar-refractivity contribution is -0.150. The first-order valence-electron chi connectivity index (χ1n) is 10.1. The fourth-order valence-electron chi connectivity index (χ4n) is 4.02. The molecule has 1 atom stereocenters. The Balaban J connectivity index is 2.12. The third-order valence-electron chi connectivity index (χ3n) is 5.72. The maximum atomic E-state index is 12.2. The summed E-state index contributed by atoms with van der Waals surface area (Å²) in [6.07, 6.45) is 2.37. The third-order valence-corrected chi connectivity index (χ3v) is 5.72. The molecule has 0 amide bonds. The highest BCUT2D eigenvalue weighted by Gasteiger charge is 2.34. The number of ketones is 1. The van der Waals surface area contributed by atoms with Crippen LogP contribution in [0.5, 0.6) is 17.2 Å². The summed E-state index contributed by atoms with van der Waals surface area (Å²) in [6.45, 7) is 3.62. The molecule has 2 aromatic rings. The zero-order valence-electron chi connectivity index (χ0n) is 17.9. The van der Waals surface area contributed by atoms with Gasteiger partial charge in [-0.3, -0.25) is 9.59 Å². The van der Waals surface area contributed by atoms with Crippen LogP contribution in [0.15, 0.2) is 30.3 Å². The van der Waals surface area contributed by atoms with Crippen molar-refractivity contribution in [1.82, 2.24) is 0 Å². The van der Waals surface area contributed by atoms with Gasteiger partial charge in [0.05, 0.1) is 19.6 Å². The van der Waals surface area contributed by atoms with Crippen LogP contribution >= 0.6 is 0 Å². The zero-order chi connectivity index (χ0) is 21.9. The molecule has 0 heterocycles. The Morgan fingerprint density at radius 1 is 1.03 bits per heavy atom. The predicted molar refractivity (Wildman–Crippen MR) is 114 cm³/mol. The number of carbonyl (C=O) groups is 2. The van der Waals surface area contributed by atoms with Gasteiger partial charge in [0, 0.05) is 17.5 Å². The topological polar surface area (TPSA) is 82.1 Å². The van der Waals surface area contributed by atoms with Gasteiger partial charge in [-0.2, -0.15) is 0 Å². The number of methoxy groups -OCH3 is 2. The van der Waals surface area contributed by atoms with Gasteiger partial charge in [-0.1, -0.05) is 31.5 Å². The van der Waals surface area contributed by atoms with Gasteiger partial charge in [-0.25, -0.2) is 0 Å². The molecule has 0 spiro atoms. The van der Waals surface area contributed by atoms with Gasteiger partial charge in [-0.15, -0.1) is 0 Å². The number of ether oxygens (including phenoxy) is 3. The van der Waals surface area contributed by atoms with Crippen LogP contribution in [-0.2, 0) is 11.2 Å². The number of hydrogen-bond acceptors (Lipinski definition) is 5. The molecular formula is C24H28O6. The van der Waals surface area contributed by atoms with Gasteiger partial charge in [0.15, 0.2) is 17.3 Å². The van der Waals surface area contributed by atoms with Crippen molar-refractivity contribution in [2.24, 2.45) is 5.41 Å². The van der Waals surface area contributed by atoms with Gasteiger partial charge in [0.25, 0.3) is 0 Å². The molecule has 6 nitrogen and oxygen atoms in total. The fourth-order valence-corrected chi connectivity index (χ4v) is 4.02. The zero-order valence-corrected chi connectivity index (χ0v) is 17.9. The second kappa shape index (κ2) is 8.78. The van der Waals surface area contributed by atoms with Gasteiger partial charge < -0.3 is 19.3 Å². The van der Waals surface area contributed by atoms with Crippen LogP contribution in [0.1, 0.15) is 49.0 Å². The van der Waals surface area contributed by atoms with Crippen LogP contribution < -0.4 is 14.2 Å². The van der Waals surface area contributed by atoms with Crippen molar-refractivity contribution in [3.05, 3.63) is 41.5 Å². The minimum absolute atomic E-state index is 0.0132. The van der Waals surface area contributed by atoms with Crippen molar-refractivity contribution in [3.63, 3.8) is 0 Å². The normalized spacial score (nSPS) is 14.7. The summed E-state index contributed by atoms with van der Waals surface area (Å²) in [5, 5.41) is 9.74. The van der Waals surface area contributed by atoms with E-state index in [0.717, 1.165) is 28.7 Å². The monoisotopic (exact) mass is 412 g/mol. The minimum atomic E-state index is -1.03. The third kappa shape index (κ3) is 3.86. The molecule has 1 aliphatic carbocycles. The van der Waals surface area contributed by atoms with Crippen molar-refractivity contribution >= 4 is 11.8 Å². The molecule has 3 rings (SSSR count). The molecule has 0 saturated heterocycles. The summed E-state index contributed by atoms with van der Waals surface area (Å²) in [7, 11) is 3.06. The lowest BCUT2D eigenvalue weighted by Gasteiger charge is -2.26. The Hall–Kier alpha value is -3.02. The van der Waals surface area contributed by atoms with Gasteiger partial charge >= 0.3 is 5.97 Å². The lowest BCUT2D eigenvalue weighted by Crippen LogP contribution is -2.34. The largest absolute Gasteiger partial charge is 0.493 e. The second-order valence-corrected chi connectivity index (χ2v) is 7.84. The van der Waals surface area contributed by atoms with Crippen molar-refractivity contribution in [1.29, 1.82) is 0 Å². The Kier molecular flexibility index (Phi) is 6.34. The highest BCUT2D eigenvalue weighted by molar-refractivity contribution is 6.02. The summed E-state index contributed by atoms with van der Waals surface area (Å²) >= 11 is 0. The van der Waals surface area contributed by atoms with E-state index in [9.17, 15) is 14.7 Å². The smallest absolute Gasteiger partial charge is 0.312 e. The van der Waals surface area contributed by atoms with Crippen molar-refractivity contribution in [2.75, 3.05) is 20.8 Å². The number of hydrogen-bond donors (Lipinski definition) is 1. The van der Waals surface area contributed by atoms with E-state index in [1.807, 2.05) is 31.2 Å². The molecule has 1 unspecified atom stereocenters. The Labute approximate surface area is 176 Å². The van der Waals surface area contributed by atoms with Crippen molar-refractivity contribution < 1.29 is 28.9 Å². The van der Waals surface area contributed by atoms with E-state index in [0.29, 0.717) is 36.5 Å². The van der Waals surface area contributed by atoms with Crippen LogP contribution in [0, 0.1) is 5.41 Å². The molecular weight excluding hydrogens is 384 g/mol. The molecule has 0 radical (unpaired) electrons. The Morgan fingerprint density at radius 2 is 1.77 bits per heavy atom. The van der Waals surface area contributed by atoms with Crippen molar-refractivity contribution in [2.45, 2.75) is 39.5 Å². The molecule has 30 heavy (non-hydrogen) atoms. The Morgan fingerprint density at radius 3 is 2.40 bits per heavy atom. The van der Waals surface area contributed by atoms with Gasteiger partial charge in [0.2, 0.25) is 5.75 Å². The highest BCUT2D eigenvalue weighted by atomic mass is 16.5. The number of carboxylic acid groups (broad SMARTS) is 1. The first kappa shape index (κ1) is 21.7. The first-order chi connectivity index (χ1) is 14.4. The van der Waals surface area contributed by atoms with Crippen LogP contribution in [0.3, 0.4) is 0 Å². The highest BCUT2D eigenvalue weighted by Crippen LogP contribution is 2.47. The number of Topliss-reactive ketones (excluding diaryl/α,β-unsaturated/α-hetero) is 1. The molecule has 0 aliphatic heterocycles. The molecule has 0 saturated carbocycles. The fraction of sp³-hybridized carbons (Fsp3) is 0.417. The summed E-state index contributed by atoms with van der Waals surface area (Å²) in [5.41, 5.74) is 2.32. The maximum Gasteiger partial charge on any atom is 0.312 e. The van der Waals surface area contributed by atoms with Gasteiger partial charge in [-0.05, 0) is 43.0 Å². The minimum Gasteiger partial charge on any atom is -0.493 e. The summed E-state index contributed by atoms with van der Waals surface area (Å²) in [4.78, 5) is 24.1. The van der Waals surface area contributed by atoms with Crippen LogP contribution in [-0.4, -0.2) is 37.7 Å². The van der Waals surface area contributed by atoms with E-state index in [2.05, 4.69) is 0 Å². The van der Waals surface area contributed by atoms with Crippen LogP contribution in [0.2, 0.25) is 0 Å². The lowest BCUT2D eigenvalue weighted by atomic mass is 9.86. The number of rotatable bonds is 9. The van der Waals surface area contributed by atoms with Crippen molar-refractivity contribution in [3.8, 4) is 28.4 Å². The van der Waals surface area contributed by atoms with E-state index >= 15 is 0 Å². The molecule has 0 fully saturated rings. The second-order valence-electron chi connectivity index (χ2n) is 7.84. The van der Waals surface area contributed by atoms with E-state index in [-0.39, 0.29) is 12.4 Å². The summed E-state index contributed by atoms with van der Waals surface area (Å²) < 4.78 is 17.2. The average Bonchev–Trinajstić information content (AvgIpc) is 3.12. The molecule has 0 bridgehead atoms. The number of carbonyl (C=O) groups excluding carboxylic acids is 1. The van der Waals surface area contributed by atoms with E-state index in [1.54, 1.807) is 20.1 Å². The molecule has 0 aromatic heterocycles. The predicted octanol–water partition coefficient (Wildman–Crippen LogP) is 4.77.